The fourth-order valence-electron chi connectivity index (χ4n) is 1.41. The molecule has 0 spiro atoms. The predicted octanol–water partition coefficient (Wildman–Crippen LogP) is 1.40. The summed E-state index contributed by atoms with van der Waals surface area (Å²) in [5.41, 5.74) is 7.48. The second-order valence-corrected chi connectivity index (χ2v) is 3.82. The maximum atomic E-state index is 5.71. The molecule has 0 amide bonds. The summed E-state index contributed by atoms with van der Waals surface area (Å²) in [6, 6.07) is 3.82. The zero-order chi connectivity index (χ0) is 10.1. The van der Waals surface area contributed by atoms with Crippen molar-refractivity contribution in [2.24, 2.45) is 0 Å². The fourth-order valence-corrected chi connectivity index (χ4v) is 1.93. The molecule has 2 heterocycles. The molecule has 4 nitrogen and oxygen atoms in total. The van der Waals surface area contributed by atoms with Gasteiger partial charge in [0.1, 0.15) is 10.4 Å². The third kappa shape index (κ3) is 1.49. The molecular formula is C9H11BrN4. The Hall–Kier alpha value is -1.07. The van der Waals surface area contributed by atoms with Crippen LogP contribution in [0, 0.1) is 0 Å². The Balaban J connectivity index is 2.66. The van der Waals surface area contributed by atoms with Crippen LogP contribution in [-0.2, 0) is 6.54 Å². The molecule has 0 atom stereocenters. The largest absolute Gasteiger partial charge is 0.398 e. The Morgan fingerprint density at radius 1 is 1.57 bits per heavy atom. The number of pyridine rings is 1. The fraction of sp³-hybridized carbons (Fsp3) is 0.222. The summed E-state index contributed by atoms with van der Waals surface area (Å²) in [5.74, 6) is 0.946. The normalized spacial score (nSPS) is 11.0. The van der Waals surface area contributed by atoms with Crippen LogP contribution in [0.5, 0.6) is 0 Å². The van der Waals surface area contributed by atoms with Crippen LogP contribution in [0.4, 0.5) is 5.69 Å². The molecule has 14 heavy (non-hydrogen) atoms. The summed E-state index contributed by atoms with van der Waals surface area (Å²) in [5, 5.41) is 3.06. The number of aromatic nitrogens is 2. The molecule has 0 radical (unpaired) electrons. The second-order valence-electron chi connectivity index (χ2n) is 3.07. The highest BCUT2D eigenvalue weighted by molar-refractivity contribution is 9.10. The monoisotopic (exact) mass is 254 g/mol. The van der Waals surface area contributed by atoms with Crippen molar-refractivity contribution in [1.29, 1.82) is 0 Å². The molecule has 0 aromatic carbocycles. The van der Waals surface area contributed by atoms with E-state index >= 15 is 0 Å². The van der Waals surface area contributed by atoms with E-state index in [1.54, 1.807) is 0 Å². The summed E-state index contributed by atoms with van der Waals surface area (Å²) in [6.45, 7) is 0.718. The molecule has 5 heteroatoms. The van der Waals surface area contributed by atoms with Crippen molar-refractivity contribution in [1.82, 2.24) is 14.7 Å². The van der Waals surface area contributed by atoms with E-state index in [-0.39, 0.29) is 0 Å². The lowest BCUT2D eigenvalue weighted by Gasteiger charge is -2.00. The van der Waals surface area contributed by atoms with Gasteiger partial charge in [0.2, 0.25) is 0 Å². The lowest BCUT2D eigenvalue weighted by molar-refractivity contribution is 0.754. The van der Waals surface area contributed by atoms with Crippen LogP contribution in [0.15, 0.2) is 22.9 Å². The number of hydrogen-bond donors (Lipinski definition) is 2. The van der Waals surface area contributed by atoms with Crippen molar-refractivity contribution < 1.29 is 0 Å². The van der Waals surface area contributed by atoms with E-state index in [1.807, 2.05) is 29.8 Å². The number of nitrogens with two attached hydrogens (primary N) is 1. The number of nitrogen functional groups attached to an aromatic ring is 1. The summed E-state index contributed by atoms with van der Waals surface area (Å²) in [7, 11) is 1.89. The highest BCUT2D eigenvalue weighted by atomic mass is 79.9. The standard InChI is InChI=1S/C9H11BrN4/c1-12-4-8-13-9(10)7-3-2-6(11)5-14(7)8/h2-3,5,12H,4,11H2,1H3. The molecule has 3 N–H and O–H groups in total. The van der Waals surface area contributed by atoms with Crippen LogP contribution in [0.2, 0.25) is 0 Å². The molecule has 2 rings (SSSR count). The molecule has 0 aliphatic carbocycles. The Labute approximate surface area is 90.3 Å². The average molecular weight is 255 g/mol. The molecule has 74 valence electrons. The van der Waals surface area contributed by atoms with Gasteiger partial charge in [0.25, 0.3) is 0 Å². The van der Waals surface area contributed by atoms with Gasteiger partial charge in [-0.3, -0.25) is 4.40 Å². The predicted molar refractivity (Wildman–Crippen MR) is 60.1 cm³/mol. The van der Waals surface area contributed by atoms with Gasteiger partial charge in [0.15, 0.2) is 0 Å². The molecule has 0 aliphatic heterocycles. The van der Waals surface area contributed by atoms with Crippen molar-refractivity contribution in [2.75, 3.05) is 12.8 Å². The summed E-state index contributed by atoms with van der Waals surface area (Å²) in [6.07, 6.45) is 1.87. The molecule has 0 fully saturated rings. The minimum absolute atomic E-state index is 0.718. The van der Waals surface area contributed by atoms with E-state index in [9.17, 15) is 0 Å². The molecule has 0 bridgehead atoms. The van der Waals surface area contributed by atoms with Crippen molar-refractivity contribution in [3.05, 3.63) is 28.8 Å². The molecule has 0 unspecified atom stereocenters. The van der Waals surface area contributed by atoms with Gasteiger partial charge in [-0.25, -0.2) is 4.98 Å². The molecular weight excluding hydrogens is 244 g/mol. The zero-order valence-corrected chi connectivity index (χ0v) is 9.37. The van der Waals surface area contributed by atoms with Crippen LogP contribution in [-0.4, -0.2) is 16.4 Å². The topological polar surface area (TPSA) is 55.3 Å². The van der Waals surface area contributed by atoms with Crippen LogP contribution in [0.25, 0.3) is 5.52 Å². The van der Waals surface area contributed by atoms with Crippen LogP contribution >= 0.6 is 15.9 Å². The van der Waals surface area contributed by atoms with Gasteiger partial charge in [-0.05, 0) is 35.1 Å². The van der Waals surface area contributed by atoms with E-state index in [0.717, 1.165) is 28.2 Å². The zero-order valence-electron chi connectivity index (χ0n) is 7.79. The number of nitrogens with one attached hydrogen (secondary N) is 1. The van der Waals surface area contributed by atoms with Gasteiger partial charge >= 0.3 is 0 Å². The summed E-state index contributed by atoms with van der Waals surface area (Å²) < 4.78 is 2.83. The van der Waals surface area contributed by atoms with Crippen molar-refractivity contribution in [2.45, 2.75) is 6.54 Å². The molecule has 0 saturated carbocycles. The van der Waals surface area contributed by atoms with E-state index in [1.165, 1.54) is 0 Å². The third-order valence-electron chi connectivity index (χ3n) is 2.02. The van der Waals surface area contributed by atoms with E-state index < -0.39 is 0 Å². The number of rotatable bonds is 2. The average Bonchev–Trinajstić information content (AvgIpc) is 2.44. The first kappa shape index (κ1) is 9.48. The number of halogens is 1. The van der Waals surface area contributed by atoms with Gasteiger partial charge < -0.3 is 11.1 Å². The third-order valence-corrected chi connectivity index (χ3v) is 2.61. The lowest BCUT2D eigenvalue weighted by Crippen LogP contribution is -2.08. The Morgan fingerprint density at radius 3 is 3.07 bits per heavy atom. The minimum Gasteiger partial charge on any atom is -0.398 e. The van der Waals surface area contributed by atoms with Gasteiger partial charge in [-0.15, -0.1) is 0 Å². The highest BCUT2D eigenvalue weighted by Gasteiger charge is 2.07. The second kappa shape index (κ2) is 3.59. The maximum absolute atomic E-state index is 5.71. The van der Waals surface area contributed by atoms with Gasteiger partial charge in [0.05, 0.1) is 12.1 Å². The first-order valence-corrected chi connectivity index (χ1v) is 5.08. The van der Waals surface area contributed by atoms with Crippen LogP contribution < -0.4 is 11.1 Å². The number of imidazole rings is 1. The van der Waals surface area contributed by atoms with E-state index in [4.69, 9.17) is 5.73 Å². The van der Waals surface area contributed by atoms with Crippen LogP contribution in [0.1, 0.15) is 5.82 Å². The Bertz CT molecular complexity index is 463. The van der Waals surface area contributed by atoms with Crippen molar-refractivity contribution in [3.8, 4) is 0 Å². The Morgan fingerprint density at radius 2 is 2.36 bits per heavy atom. The SMILES string of the molecule is CNCc1nc(Br)c2ccc(N)cn12. The van der Waals surface area contributed by atoms with Gasteiger partial charge in [-0.1, -0.05) is 0 Å². The highest BCUT2D eigenvalue weighted by Crippen LogP contribution is 2.20. The number of nitrogens with zero attached hydrogens (tertiary/aromatic N) is 2. The van der Waals surface area contributed by atoms with Crippen molar-refractivity contribution >= 4 is 27.1 Å². The summed E-state index contributed by atoms with van der Waals surface area (Å²) in [4.78, 5) is 4.38. The van der Waals surface area contributed by atoms with Gasteiger partial charge in [0, 0.05) is 11.9 Å². The Kier molecular flexibility index (Phi) is 2.43. The summed E-state index contributed by atoms with van der Waals surface area (Å²) >= 11 is 3.41. The van der Waals surface area contributed by atoms with E-state index in [0.29, 0.717) is 0 Å². The maximum Gasteiger partial charge on any atom is 0.132 e. The number of hydrogen-bond acceptors (Lipinski definition) is 3. The van der Waals surface area contributed by atoms with Gasteiger partial charge in [-0.2, -0.15) is 0 Å². The quantitative estimate of drug-likeness (QED) is 0.852. The minimum atomic E-state index is 0.718. The first-order valence-electron chi connectivity index (χ1n) is 4.29. The first-order chi connectivity index (χ1) is 6.72. The van der Waals surface area contributed by atoms with Crippen LogP contribution in [0.3, 0.4) is 0 Å². The van der Waals surface area contributed by atoms with E-state index in [2.05, 4.69) is 26.2 Å². The van der Waals surface area contributed by atoms with Crippen molar-refractivity contribution in [3.63, 3.8) is 0 Å². The molecule has 0 aliphatic rings. The number of anilines is 1. The smallest absolute Gasteiger partial charge is 0.132 e. The lowest BCUT2D eigenvalue weighted by atomic mass is 10.4. The molecule has 2 aromatic heterocycles. The number of fused-ring (bicyclic) bond motifs is 1. The molecule has 2 aromatic rings. The molecule has 0 saturated heterocycles.